The zero-order chi connectivity index (χ0) is 11.9. The van der Waals surface area contributed by atoms with Crippen molar-refractivity contribution in [2.24, 2.45) is 0 Å². The molecule has 0 aliphatic rings. The summed E-state index contributed by atoms with van der Waals surface area (Å²) < 4.78 is 13.4. The van der Waals surface area contributed by atoms with Gasteiger partial charge in [-0.3, -0.25) is 9.89 Å². The second-order valence-electron chi connectivity index (χ2n) is 2.99. The van der Waals surface area contributed by atoms with Gasteiger partial charge in [-0.25, -0.2) is 9.18 Å². The first-order valence-electron chi connectivity index (χ1n) is 4.12. The van der Waals surface area contributed by atoms with Crippen LogP contribution in [0.5, 0.6) is 0 Å². The summed E-state index contributed by atoms with van der Waals surface area (Å²) in [5.74, 6) is -2.31. The molecule has 2 N–H and O–H groups in total. The first kappa shape index (κ1) is 10.6. The van der Waals surface area contributed by atoms with E-state index >= 15 is 0 Å². The molecule has 0 unspecified atom stereocenters. The fraction of sp³-hybridized carbons (Fsp3) is 0. The zero-order valence-corrected chi connectivity index (χ0v) is 8.38. The number of halogens is 2. The normalized spacial score (nSPS) is 10.6. The second-order valence-corrected chi connectivity index (χ2v) is 3.40. The predicted octanol–water partition coefficient (Wildman–Crippen LogP) is 1.41. The van der Waals surface area contributed by atoms with Crippen LogP contribution in [0.2, 0.25) is 5.02 Å². The standard InChI is InChI=1S/C9H4ClFN2O3/c10-4-2-1-3-6(5(4)11)12-13-7(8(3)14)9(15)16/h1-2H,(H,12,14)(H,15,16). The van der Waals surface area contributed by atoms with Gasteiger partial charge in [0.2, 0.25) is 11.1 Å². The highest BCUT2D eigenvalue weighted by atomic mass is 35.5. The number of H-pyrrole nitrogens is 1. The summed E-state index contributed by atoms with van der Waals surface area (Å²) in [6, 6.07) is 2.42. The van der Waals surface area contributed by atoms with Gasteiger partial charge in [-0.1, -0.05) is 11.6 Å². The molecular formula is C9H4ClFN2O3. The van der Waals surface area contributed by atoms with Gasteiger partial charge in [-0.15, -0.1) is 0 Å². The summed E-state index contributed by atoms with van der Waals surface area (Å²) in [7, 11) is 0. The van der Waals surface area contributed by atoms with Crippen LogP contribution in [0.25, 0.3) is 10.9 Å². The van der Waals surface area contributed by atoms with Crippen LogP contribution in [0.3, 0.4) is 0 Å². The molecule has 1 aromatic carbocycles. The topological polar surface area (TPSA) is 83.0 Å². The SMILES string of the molecule is O=C(O)c1n[nH]c2c(F)c(Cl)ccc2c1=O. The van der Waals surface area contributed by atoms with E-state index in [1.165, 1.54) is 12.1 Å². The van der Waals surface area contributed by atoms with Crippen LogP contribution in [0.15, 0.2) is 16.9 Å². The molecule has 0 radical (unpaired) electrons. The Morgan fingerprint density at radius 1 is 1.50 bits per heavy atom. The van der Waals surface area contributed by atoms with E-state index in [-0.39, 0.29) is 15.9 Å². The Labute approximate surface area is 92.5 Å². The van der Waals surface area contributed by atoms with Gasteiger partial charge >= 0.3 is 5.97 Å². The van der Waals surface area contributed by atoms with E-state index in [4.69, 9.17) is 16.7 Å². The number of aromatic amines is 1. The van der Waals surface area contributed by atoms with Gasteiger partial charge < -0.3 is 5.11 Å². The molecule has 0 atom stereocenters. The van der Waals surface area contributed by atoms with Crippen molar-refractivity contribution < 1.29 is 14.3 Å². The third-order valence-corrected chi connectivity index (χ3v) is 2.33. The molecule has 5 nitrogen and oxygen atoms in total. The van der Waals surface area contributed by atoms with Crippen LogP contribution in [0.1, 0.15) is 10.5 Å². The number of nitrogens with one attached hydrogen (secondary N) is 1. The molecular weight excluding hydrogens is 239 g/mol. The molecule has 0 aliphatic heterocycles. The highest BCUT2D eigenvalue weighted by Crippen LogP contribution is 2.20. The fourth-order valence-electron chi connectivity index (χ4n) is 1.28. The maximum Gasteiger partial charge on any atom is 0.360 e. The quantitative estimate of drug-likeness (QED) is 0.792. The van der Waals surface area contributed by atoms with Crippen molar-refractivity contribution in [1.82, 2.24) is 10.2 Å². The van der Waals surface area contributed by atoms with Crippen LogP contribution in [0.4, 0.5) is 4.39 Å². The van der Waals surface area contributed by atoms with Gasteiger partial charge in [0.05, 0.1) is 10.4 Å². The molecule has 0 saturated carbocycles. The van der Waals surface area contributed by atoms with E-state index in [1.807, 2.05) is 0 Å². The number of hydrogen-bond acceptors (Lipinski definition) is 3. The summed E-state index contributed by atoms with van der Waals surface area (Å²) in [6.07, 6.45) is 0. The van der Waals surface area contributed by atoms with E-state index in [1.54, 1.807) is 0 Å². The first-order chi connectivity index (χ1) is 7.52. The molecule has 2 rings (SSSR count). The molecule has 0 bridgehead atoms. The van der Waals surface area contributed by atoms with E-state index in [0.29, 0.717) is 0 Å². The van der Waals surface area contributed by atoms with Crippen molar-refractivity contribution in [3.8, 4) is 0 Å². The number of carboxylic acid groups (broad SMARTS) is 1. The number of carbonyl (C=O) groups is 1. The predicted molar refractivity (Wildman–Crippen MR) is 54.3 cm³/mol. The van der Waals surface area contributed by atoms with E-state index in [0.717, 1.165) is 0 Å². The minimum absolute atomic E-state index is 0.102. The summed E-state index contributed by atoms with van der Waals surface area (Å²) in [5, 5.41) is 13.8. The Balaban J connectivity index is 2.93. The Morgan fingerprint density at radius 3 is 2.81 bits per heavy atom. The zero-order valence-electron chi connectivity index (χ0n) is 7.62. The smallest absolute Gasteiger partial charge is 0.360 e. The Hall–Kier alpha value is -1.95. The van der Waals surface area contributed by atoms with Gasteiger partial charge in [0, 0.05) is 0 Å². The molecule has 2 aromatic rings. The van der Waals surface area contributed by atoms with Gasteiger partial charge in [-0.2, -0.15) is 5.10 Å². The van der Waals surface area contributed by atoms with Gasteiger partial charge in [-0.05, 0) is 12.1 Å². The maximum atomic E-state index is 13.4. The number of benzene rings is 1. The largest absolute Gasteiger partial charge is 0.476 e. The van der Waals surface area contributed by atoms with Crippen LogP contribution in [-0.2, 0) is 0 Å². The lowest BCUT2D eigenvalue weighted by Gasteiger charge is -2.01. The Bertz CT molecular complexity index is 653. The Morgan fingerprint density at radius 2 is 2.19 bits per heavy atom. The van der Waals surface area contributed by atoms with Crippen LogP contribution in [-0.4, -0.2) is 21.3 Å². The number of hydrogen-bond donors (Lipinski definition) is 2. The minimum Gasteiger partial charge on any atom is -0.476 e. The van der Waals surface area contributed by atoms with Gasteiger partial charge in [0.25, 0.3) is 0 Å². The lowest BCUT2D eigenvalue weighted by molar-refractivity contribution is 0.0688. The Kier molecular flexibility index (Phi) is 2.35. The molecule has 0 spiro atoms. The minimum atomic E-state index is -1.47. The van der Waals surface area contributed by atoms with E-state index < -0.39 is 22.9 Å². The average molecular weight is 243 g/mol. The number of aromatic carboxylic acids is 1. The lowest BCUT2D eigenvalue weighted by atomic mass is 10.2. The average Bonchev–Trinajstić information content (AvgIpc) is 2.23. The number of rotatable bonds is 1. The highest BCUT2D eigenvalue weighted by molar-refractivity contribution is 6.31. The molecule has 1 heterocycles. The molecule has 16 heavy (non-hydrogen) atoms. The number of fused-ring (bicyclic) bond motifs is 1. The molecule has 0 amide bonds. The fourth-order valence-corrected chi connectivity index (χ4v) is 1.44. The van der Waals surface area contributed by atoms with Crippen molar-refractivity contribution in [3.63, 3.8) is 0 Å². The number of nitrogens with zero attached hydrogens (tertiary/aromatic N) is 1. The molecule has 0 aliphatic carbocycles. The lowest BCUT2D eigenvalue weighted by Crippen LogP contribution is -2.18. The summed E-state index contributed by atoms with van der Waals surface area (Å²) >= 11 is 5.50. The number of aromatic nitrogens is 2. The first-order valence-corrected chi connectivity index (χ1v) is 4.50. The molecule has 0 saturated heterocycles. The second kappa shape index (κ2) is 3.57. The third kappa shape index (κ3) is 1.43. The summed E-state index contributed by atoms with van der Waals surface area (Å²) in [5.41, 5.74) is -1.74. The monoisotopic (exact) mass is 242 g/mol. The van der Waals surface area contributed by atoms with Gasteiger partial charge in [0.15, 0.2) is 5.82 Å². The third-order valence-electron chi connectivity index (χ3n) is 2.04. The van der Waals surface area contributed by atoms with Crippen molar-refractivity contribution in [1.29, 1.82) is 0 Å². The van der Waals surface area contributed by atoms with E-state index in [9.17, 15) is 14.0 Å². The molecule has 82 valence electrons. The molecule has 7 heteroatoms. The summed E-state index contributed by atoms with van der Waals surface area (Å²) in [4.78, 5) is 22.2. The van der Waals surface area contributed by atoms with Crippen molar-refractivity contribution >= 4 is 28.5 Å². The van der Waals surface area contributed by atoms with Crippen LogP contribution < -0.4 is 5.43 Å². The highest BCUT2D eigenvalue weighted by Gasteiger charge is 2.16. The van der Waals surface area contributed by atoms with Crippen molar-refractivity contribution in [3.05, 3.63) is 38.9 Å². The van der Waals surface area contributed by atoms with Crippen molar-refractivity contribution in [2.75, 3.05) is 0 Å². The van der Waals surface area contributed by atoms with Crippen LogP contribution in [0, 0.1) is 5.82 Å². The van der Waals surface area contributed by atoms with Gasteiger partial charge in [0.1, 0.15) is 5.52 Å². The summed E-state index contributed by atoms with van der Waals surface area (Å²) in [6.45, 7) is 0. The number of carboxylic acids is 1. The van der Waals surface area contributed by atoms with Crippen LogP contribution >= 0.6 is 11.6 Å². The molecule has 1 aromatic heterocycles. The maximum absolute atomic E-state index is 13.4. The van der Waals surface area contributed by atoms with E-state index in [2.05, 4.69) is 10.2 Å². The molecule has 0 fully saturated rings. The van der Waals surface area contributed by atoms with Crippen molar-refractivity contribution in [2.45, 2.75) is 0 Å².